The van der Waals surface area contributed by atoms with Gasteiger partial charge in [0.2, 0.25) is 5.91 Å². The van der Waals surface area contributed by atoms with Gasteiger partial charge in [-0.25, -0.2) is 0 Å². The van der Waals surface area contributed by atoms with Gasteiger partial charge in [-0.05, 0) is 55.7 Å². The highest BCUT2D eigenvalue weighted by molar-refractivity contribution is 5.91. The molecule has 1 aromatic carbocycles. The largest absolute Gasteiger partial charge is 0.371 e. The van der Waals surface area contributed by atoms with Gasteiger partial charge in [-0.1, -0.05) is 43.5 Å². The molecule has 1 aliphatic rings. The van der Waals surface area contributed by atoms with E-state index in [0.29, 0.717) is 13.0 Å². The van der Waals surface area contributed by atoms with Crippen LogP contribution in [0.2, 0.25) is 0 Å². The minimum atomic E-state index is -0.855. The van der Waals surface area contributed by atoms with Crippen molar-refractivity contribution in [2.75, 3.05) is 11.9 Å². The Bertz CT molecular complexity index is 1260. The van der Waals surface area contributed by atoms with Crippen LogP contribution in [0.3, 0.4) is 0 Å². The fraction of sp³-hybridized carbons (Fsp3) is 0.345. The second-order valence-corrected chi connectivity index (χ2v) is 9.97. The number of amides is 1. The average molecular weight is 468 g/mol. The highest BCUT2D eigenvalue weighted by Crippen LogP contribution is 2.38. The summed E-state index contributed by atoms with van der Waals surface area (Å²) in [5.41, 5.74) is 3.16. The second kappa shape index (κ2) is 9.90. The summed E-state index contributed by atoms with van der Waals surface area (Å²) >= 11 is 0. The van der Waals surface area contributed by atoms with E-state index < -0.39 is 5.54 Å². The normalized spacial score (nSPS) is 16.9. The van der Waals surface area contributed by atoms with Crippen molar-refractivity contribution >= 4 is 22.5 Å². The van der Waals surface area contributed by atoms with Gasteiger partial charge in [-0.2, -0.15) is 0 Å². The zero-order chi connectivity index (χ0) is 24.1. The van der Waals surface area contributed by atoms with E-state index in [1.165, 1.54) is 6.42 Å². The van der Waals surface area contributed by atoms with Gasteiger partial charge < -0.3 is 15.6 Å². The lowest BCUT2D eigenvalue weighted by Crippen LogP contribution is -2.55. The summed E-state index contributed by atoms with van der Waals surface area (Å²) in [6.45, 7) is 2.57. The molecule has 0 saturated heterocycles. The standard InChI is InChI=1S/C29H33N5O/c1-28(34-23-12-17-30-18-13-23,19-22-20-32-25-10-4-3-9-24(22)25)27(35)33-21-29(14-6-2-7-15-29)26-11-5-8-16-31-26/h3-5,8-13,16-18,20,32H,2,6-7,14-15,19,21H2,1H3,(H,30,34)(H,33,35). The summed E-state index contributed by atoms with van der Waals surface area (Å²) in [5, 5.41) is 8.00. The van der Waals surface area contributed by atoms with Crippen molar-refractivity contribution in [3.63, 3.8) is 0 Å². The maximum atomic E-state index is 13.9. The third-order valence-electron chi connectivity index (χ3n) is 7.43. The molecule has 5 rings (SSSR count). The highest BCUT2D eigenvalue weighted by atomic mass is 16.2. The molecule has 180 valence electrons. The number of hydrogen-bond acceptors (Lipinski definition) is 4. The molecule has 0 spiro atoms. The molecule has 1 atom stereocenters. The zero-order valence-corrected chi connectivity index (χ0v) is 20.3. The number of pyridine rings is 2. The van der Waals surface area contributed by atoms with Crippen LogP contribution in [0.15, 0.2) is 79.4 Å². The molecule has 3 heterocycles. The van der Waals surface area contributed by atoms with Gasteiger partial charge in [0, 0.05) is 65.5 Å². The zero-order valence-electron chi connectivity index (χ0n) is 20.3. The van der Waals surface area contributed by atoms with E-state index in [1.54, 1.807) is 12.4 Å². The first-order valence-electron chi connectivity index (χ1n) is 12.5. The maximum absolute atomic E-state index is 13.9. The molecule has 6 nitrogen and oxygen atoms in total. The van der Waals surface area contributed by atoms with Crippen molar-refractivity contribution in [2.45, 2.75) is 56.4 Å². The molecule has 1 fully saturated rings. The van der Waals surface area contributed by atoms with Crippen molar-refractivity contribution in [3.8, 4) is 0 Å². The van der Waals surface area contributed by atoms with Crippen molar-refractivity contribution in [2.24, 2.45) is 0 Å². The summed E-state index contributed by atoms with van der Waals surface area (Å²) in [5.74, 6) is -0.0135. The SMILES string of the molecule is CC(Cc1c[nH]c2ccccc12)(Nc1ccncc1)C(=O)NCC1(c2ccccn2)CCCCC1. The summed E-state index contributed by atoms with van der Waals surface area (Å²) < 4.78 is 0. The van der Waals surface area contributed by atoms with Crippen molar-refractivity contribution in [3.05, 3.63) is 90.6 Å². The smallest absolute Gasteiger partial charge is 0.245 e. The van der Waals surface area contributed by atoms with Crippen LogP contribution >= 0.6 is 0 Å². The Morgan fingerprint density at radius 1 is 1.00 bits per heavy atom. The van der Waals surface area contributed by atoms with E-state index in [0.717, 1.165) is 53.5 Å². The molecular weight excluding hydrogens is 434 g/mol. The Labute approximate surface area is 206 Å². The number of fused-ring (bicyclic) bond motifs is 1. The Hall–Kier alpha value is -3.67. The van der Waals surface area contributed by atoms with Crippen LogP contribution in [0, 0.1) is 0 Å². The fourth-order valence-corrected chi connectivity index (χ4v) is 5.47. The Kier molecular flexibility index (Phi) is 6.53. The topological polar surface area (TPSA) is 82.7 Å². The van der Waals surface area contributed by atoms with Gasteiger partial charge in [0.25, 0.3) is 0 Å². The third-order valence-corrected chi connectivity index (χ3v) is 7.43. The molecule has 1 aliphatic carbocycles. The van der Waals surface area contributed by atoms with Gasteiger partial charge in [-0.15, -0.1) is 0 Å². The third kappa shape index (κ3) is 4.92. The molecule has 3 N–H and O–H groups in total. The molecule has 1 saturated carbocycles. The van der Waals surface area contributed by atoms with E-state index in [4.69, 9.17) is 4.98 Å². The minimum absolute atomic E-state index is 0.0135. The van der Waals surface area contributed by atoms with Gasteiger partial charge in [-0.3, -0.25) is 14.8 Å². The summed E-state index contributed by atoms with van der Waals surface area (Å²) in [6, 6.07) is 18.1. The average Bonchev–Trinajstić information content (AvgIpc) is 3.31. The fourth-order valence-electron chi connectivity index (χ4n) is 5.47. The summed E-state index contributed by atoms with van der Waals surface area (Å²) in [4.78, 5) is 26.1. The number of nitrogens with zero attached hydrogens (tertiary/aromatic N) is 2. The Morgan fingerprint density at radius 2 is 1.77 bits per heavy atom. The minimum Gasteiger partial charge on any atom is -0.371 e. The quantitative estimate of drug-likeness (QED) is 0.324. The molecule has 0 bridgehead atoms. The predicted octanol–water partition coefficient (Wildman–Crippen LogP) is 5.39. The van der Waals surface area contributed by atoms with Crippen LogP contribution in [0.4, 0.5) is 5.69 Å². The molecule has 1 amide bonds. The Morgan fingerprint density at radius 3 is 2.54 bits per heavy atom. The number of hydrogen-bond donors (Lipinski definition) is 3. The van der Waals surface area contributed by atoms with E-state index in [1.807, 2.05) is 55.7 Å². The maximum Gasteiger partial charge on any atom is 0.245 e. The van der Waals surface area contributed by atoms with E-state index in [2.05, 4.69) is 38.8 Å². The lowest BCUT2D eigenvalue weighted by molar-refractivity contribution is -0.125. The van der Waals surface area contributed by atoms with Crippen LogP contribution in [-0.4, -0.2) is 32.9 Å². The number of anilines is 1. The highest BCUT2D eigenvalue weighted by Gasteiger charge is 2.39. The Balaban J connectivity index is 1.42. The van der Waals surface area contributed by atoms with Gasteiger partial charge in [0.05, 0.1) is 0 Å². The number of benzene rings is 1. The number of nitrogens with one attached hydrogen (secondary N) is 3. The van der Waals surface area contributed by atoms with Gasteiger partial charge >= 0.3 is 0 Å². The number of carbonyl (C=O) groups is 1. The van der Waals surface area contributed by atoms with Crippen LogP contribution in [-0.2, 0) is 16.6 Å². The van der Waals surface area contributed by atoms with Crippen molar-refractivity contribution < 1.29 is 4.79 Å². The van der Waals surface area contributed by atoms with Gasteiger partial charge in [0.1, 0.15) is 5.54 Å². The number of aromatic amines is 1. The first-order chi connectivity index (χ1) is 17.1. The first kappa shape index (κ1) is 23.1. The lowest BCUT2D eigenvalue weighted by Gasteiger charge is -2.38. The molecule has 35 heavy (non-hydrogen) atoms. The van der Waals surface area contributed by atoms with Crippen molar-refractivity contribution in [1.82, 2.24) is 20.3 Å². The van der Waals surface area contributed by atoms with E-state index in [-0.39, 0.29) is 11.3 Å². The van der Waals surface area contributed by atoms with Crippen LogP contribution < -0.4 is 10.6 Å². The molecule has 0 radical (unpaired) electrons. The van der Waals surface area contributed by atoms with Crippen LogP contribution in [0.25, 0.3) is 10.9 Å². The molecule has 4 aromatic rings. The number of rotatable bonds is 8. The molecule has 6 heteroatoms. The van der Waals surface area contributed by atoms with Crippen molar-refractivity contribution in [1.29, 1.82) is 0 Å². The second-order valence-electron chi connectivity index (χ2n) is 9.97. The number of aromatic nitrogens is 3. The van der Waals surface area contributed by atoms with Gasteiger partial charge in [0.15, 0.2) is 0 Å². The summed E-state index contributed by atoms with van der Waals surface area (Å²) in [7, 11) is 0. The number of carbonyl (C=O) groups excluding carboxylic acids is 1. The lowest BCUT2D eigenvalue weighted by atomic mass is 9.71. The molecule has 0 aliphatic heterocycles. The summed E-state index contributed by atoms with van der Waals surface area (Å²) in [6.07, 6.45) is 13.5. The predicted molar refractivity (Wildman–Crippen MR) is 140 cm³/mol. The molecular formula is C29H33N5O. The number of H-pyrrole nitrogens is 1. The number of para-hydroxylation sites is 1. The molecule has 3 aromatic heterocycles. The van der Waals surface area contributed by atoms with E-state index in [9.17, 15) is 4.79 Å². The monoisotopic (exact) mass is 467 g/mol. The first-order valence-corrected chi connectivity index (χ1v) is 12.5. The molecule has 1 unspecified atom stereocenters. The van der Waals surface area contributed by atoms with Crippen LogP contribution in [0.5, 0.6) is 0 Å². The van der Waals surface area contributed by atoms with E-state index >= 15 is 0 Å². The van der Waals surface area contributed by atoms with Crippen LogP contribution in [0.1, 0.15) is 50.3 Å².